The van der Waals surface area contributed by atoms with Gasteiger partial charge in [-0.1, -0.05) is 24.3 Å². The lowest BCUT2D eigenvalue weighted by Crippen LogP contribution is -1.98. The third kappa shape index (κ3) is 1.44. The smallest absolute Gasteiger partial charge is 0.336 e. The number of rotatable bonds is 1. The number of carboxylic acid groups (broad SMARTS) is 1. The molecule has 1 aromatic heterocycles. The minimum atomic E-state index is -0.903. The summed E-state index contributed by atoms with van der Waals surface area (Å²) < 4.78 is 0. The normalized spacial score (nSPS) is 10.8. The average molecular weight is 223 g/mol. The van der Waals surface area contributed by atoms with E-state index in [0.29, 0.717) is 5.56 Å². The van der Waals surface area contributed by atoms with Crippen molar-refractivity contribution in [3.63, 3.8) is 0 Å². The van der Waals surface area contributed by atoms with Crippen molar-refractivity contribution in [2.45, 2.75) is 0 Å². The summed E-state index contributed by atoms with van der Waals surface area (Å²) in [6, 6.07) is 11.0. The number of aromatic carboxylic acids is 1. The van der Waals surface area contributed by atoms with E-state index < -0.39 is 5.97 Å². The maximum absolute atomic E-state index is 11.2. The molecule has 3 heteroatoms. The van der Waals surface area contributed by atoms with Crippen molar-refractivity contribution in [3.05, 3.63) is 54.4 Å². The van der Waals surface area contributed by atoms with E-state index in [2.05, 4.69) is 4.98 Å². The van der Waals surface area contributed by atoms with Crippen LogP contribution in [0.1, 0.15) is 10.4 Å². The predicted octanol–water partition coefficient (Wildman–Crippen LogP) is 3.09. The van der Waals surface area contributed by atoms with Crippen molar-refractivity contribution in [2.24, 2.45) is 0 Å². The van der Waals surface area contributed by atoms with Crippen molar-refractivity contribution in [1.29, 1.82) is 0 Å². The van der Waals surface area contributed by atoms with Crippen LogP contribution in [0.25, 0.3) is 21.5 Å². The van der Waals surface area contributed by atoms with Gasteiger partial charge in [0.2, 0.25) is 0 Å². The molecule has 2 aromatic carbocycles. The van der Waals surface area contributed by atoms with Gasteiger partial charge in [0.15, 0.2) is 0 Å². The number of carboxylic acids is 1. The number of hydrogen-bond donors (Lipinski definition) is 1. The van der Waals surface area contributed by atoms with Gasteiger partial charge in [0, 0.05) is 17.8 Å². The SMILES string of the molecule is O=C(O)c1cc2ccncc2c2ccccc12. The summed E-state index contributed by atoms with van der Waals surface area (Å²) in [7, 11) is 0. The molecule has 0 atom stereocenters. The van der Waals surface area contributed by atoms with Gasteiger partial charge in [0.05, 0.1) is 5.56 Å². The second-order valence-electron chi connectivity index (χ2n) is 3.87. The van der Waals surface area contributed by atoms with E-state index in [0.717, 1.165) is 21.5 Å². The Labute approximate surface area is 97.3 Å². The summed E-state index contributed by atoms with van der Waals surface area (Å²) in [5, 5.41) is 12.8. The highest BCUT2D eigenvalue weighted by Gasteiger charge is 2.11. The molecule has 1 N–H and O–H groups in total. The molecule has 0 unspecified atom stereocenters. The minimum Gasteiger partial charge on any atom is -0.478 e. The molecular weight excluding hydrogens is 214 g/mol. The molecule has 3 nitrogen and oxygen atoms in total. The van der Waals surface area contributed by atoms with E-state index in [1.165, 1.54) is 0 Å². The molecule has 1 heterocycles. The Hall–Kier alpha value is -2.42. The maximum atomic E-state index is 11.2. The zero-order valence-corrected chi connectivity index (χ0v) is 8.92. The number of aromatic nitrogens is 1. The van der Waals surface area contributed by atoms with Gasteiger partial charge in [0.1, 0.15) is 0 Å². The van der Waals surface area contributed by atoms with Gasteiger partial charge < -0.3 is 5.11 Å². The van der Waals surface area contributed by atoms with Crippen LogP contribution in [0, 0.1) is 0 Å². The molecule has 0 fully saturated rings. The largest absolute Gasteiger partial charge is 0.478 e. The molecule has 0 aliphatic rings. The lowest BCUT2D eigenvalue weighted by molar-refractivity contribution is 0.0699. The highest BCUT2D eigenvalue weighted by atomic mass is 16.4. The highest BCUT2D eigenvalue weighted by Crippen LogP contribution is 2.27. The van der Waals surface area contributed by atoms with Gasteiger partial charge in [-0.15, -0.1) is 0 Å². The summed E-state index contributed by atoms with van der Waals surface area (Å²) in [5.74, 6) is -0.903. The quantitative estimate of drug-likeness (QED) is 0.645. The van der Waals surface area contributed by atoms with Crippen molar-refractivity contribution in [1.82, 2.24) is 4.98 Å². The van der Waals surface area contributed by atoms with E-state index in [1.807, 2.05) is 30.3 Å². The maximum Gasteiger partial charge on any atom is 0.336 e. The Morgan fingerprint density at radius 3 is 2.59 bits per heavy atom. The molecule has 0 amide bonds. The van der Waals surface area contributed by atoms with Gasteiger partial charge in [-0.2, -0.15) is 0 Å². The minimum absolute atomic E-state index is 0.333. The second kappa shape index (κ2) is 3.56. The Kier molecular flexibility index (Phi) is 2.05. The molecule has 0 bridgehead atoms. The molecule has 82 valence electrons. The average Bonchev–Trinajstić information content (AvgIpc) is 2.37. The molecule has 0 saturated carbocycles. The van der Waals surface area contributed by atoms with Crippen molar-refractivity contribution in [2.75, 3.05) is 0 Å². The van der Waals surface area contributed by atoms with Crippen LogP contribution in [-0.2, 0) is 0 Å². The first kappa shape index (κ1) is 9.78. The molecule has 0 saturated heterocycles. The van der Waals surface area contributed by atoms with Crippen LogP contribution in [0.2, 0.25) is 0 Å². The molecule has 0 spiro atoms. The Morgan fingerprint density at radius 1 is 1.06 bits per heavy atom. The van der Waals surface area contributed by atoms with Crippen LogP contribution in [0.5, 0.6) is 0 Å². The second-order valence-corrected chi connectivity index (χ2v) is 3.87. The topological polar surface area (TPSA) is 50.2 Å². The number of nitrogens with zero attached hydrogens (tertiary/aromatic N) is 1. The van der Waals surface area contributed by atoms with Crippen LogP contribution in [0.15, 0.2) is 48.8 Å². The lowest BCUT2D eigenvalue weighted by Gasteiger charge is -2.06. The van der Waals surface area contributed by atoms with Crippen LogP contribution >= 0.6 is 0 Å². The predicted molar refractivity (Wildman–Crippen MR) is 66.2 cm³/mol. The fourth-order valence-corrected chi connectivity index (χ4v) is 2.12. The summed E-state index contributed by atoms with van der Waals surface area (Å²) >= 11 is 0. The first-order chi connectivity index (χ1) is 8.27. The van der Waals surface area contributed by atoms with Crippen LogP contribution in [0.3, 0.4) is 0 Å². The fraction of sp³-hybridized carbons (Fsp3) is 0. The van der Waals surface area contributed by atoms with Crippen molar-refractivity contribution >= 4 is 27.5 Å². The first-order valence-corrected chi connectivity index (χ1v) is 5.26. The van der Waals surface area contributed by atoms with Gasteiger partial charge in [-0.25, -0.2) is 4.79 Å². The number of carbonyl (C=O) groups is 1. The van der Waals surface area contributed by atoms with E-state index in [1.54, 1.807) is 18.5 Å². The number of fused-ring (bicyclic) bond motifs is 3. The standard InChI is InChI=1S/C14H9NO2/c16-14(17)12-7-9-5-6-15-8-13(9)11-4-2-1-3-10(11)12/h1-8H,(H,16,17). The number of benzene rings is 2. The first-order valence-electron chi connectivity index (χ1n) is 5.26. The molecular formula is C14H9NO2. The fourth-order valence-electron chi connectivity index (χ4n) is 2.12. The molecule has 0 radical (unpaired) electrons. The number of pyridine rings is 1. The summed E-state index contributed by atoms with van der Waals surface area (Å²) in [4.78, 5) is 15.3. The molecule has 3 rings (SSSR count). The van der Waals surface area contributed by atoms with Crippen LogP contribution in [0.4, 0.5) is 0 Å². The van der Waals surface area contributed by atoms with Crippen LogP contribution < -0.4 is 0 Å². The van der Waals surface area contributed by atoms with E-state index >= 15 is 0 Å². The van der Waals surface area contributed by atoms with E-state index in [4.69, 9.17) is 0 Å². The van der Waals surface area contributed by atoms with Crippen molar-refractivity contribution in [3.8, 4) is 0 Å². The highest BCUT2D eigenvalue weighted by molar-refractivity contribution is 6.15. The summed E-state index contributed by atoms with van der Waals surface area (Å²) in [6.07, 6.45) is 3.44. The van der Waals surface area contributed by atoms with Crippen LogP contribution in [-0.4, -0.2) is 16.1 Å². The Balaban J connectivity index is 2.59. The van der Waals surface area contributed by atoms with Gasteiger partial charge in [-0.3, -0.25) is 4.98 Å². The zero-order valence-electron chi connectivity index (χ0n) is 8.92. The third-order valence-corrected chi connectivity index (χ3v) is 2.89. The molecule has 0 aliphatic carbocycles. The molecule has 17 heavy (non-hydrogen) atoms. The molecule has 0 aliphatic heterocycles. The van der Waals surface area contributed by atoms with E-state index in [-0.39, 0.29) is 0 Å². The van der Waals surface area contributed by atoms with Gasteiger partial charge in [-0.05, 0) is 28.3 Å². The van der Waals surface area contributed by atoms with Crippen molar-refractivity contribution < 1.29 is 9.90 Å². The lowest BCUT2D eigenvalue weighted by atomic mass is 9.99. The monoisotopic (exact) mass is 223 g/mol. The Bertz CT molecular complexity index is 734. The zero-order chi connectivity index (χ0) is 11.8. The number of hydrogen-bond acceptors (Lipinski definition) is 2. The molecule has 3 aromatic rings. The van der Waals surface area contributed by atoms with Gasteiger partial charge >= 0.3 is 5.97 Å². The third-order valence-electron chi connectivity index (χ3n) is 2.89. The summed E-state index contributed by atoms with van der Waals surface area (Å²) in [6.45, 7) is 0. The Morgan fingerprint density at radius 2 is 1.82 bits per heavy atom. The van der Waals surface area contributed by atoms with E-state index in [9.17, 15) is 9.90 Å². The summed E-state index contributed by atoms with van der Waals surface area (Å²) in [5.41, 5.74) is 0.333. The van der Waals surface area contributed by atoms with Gasteiger partial charge in [0.25, 0.3) is 0 Å².